The van der Waals surface area contributed by atoms with Crippen LogP contribution in [-0.4, -0.2) is 78.0 Å². The summed E-state index contributed by atoms with van der Waals surface area (Å²) in [5, 5.41) is 26.2. The Morgan fingerprint density at radius 1 is 0.784 bits per heavy atom. The van der Waals surface area contributed by atoms with Crippen LogP contribution in [0.4, 0.5) is 8.78 Å². The number of nitrogens with zero attached hydrogens (tertiary/aromatic N) is 1. The molecule has 1 heterocycles. The Labute approximate surface area is 298 Å². The standard InChI is InChI=1S/C36H53F2N7O6/c1-8-12-29(42-36(50)31(22(6)9-2)44-33(47)24-15-17-45(51)18-16-24)34(48)41-25(19-26-27(37)13-11-14-28(26)38)20-40-23(7)32(46)43-30(21(4)5)35(49)39-10-3/h11,13-18,21-23,25,29-31,40H,8-10,12,19-20H2,1-7H3,(H5-,39,41,42,43,44,46,47,48,49,50,51)/p+1/t22-,23-,25-,29-,30-,31-/m0/s1. The number of halogens is 2. The molecule has 0 radical (unpaired) electrons. The smallest absolute Gasteiger partial charge is 0.252 e. The summed E-state index contributed by atoms with van der Waals surface area (Å²) in [5.74, 6) is -4.70. The Bertz CT molecular complexity index is 1460. The normalized spacial score (nSPS) is 14.7. The van der Waals surface area contributed by atoms with Crippen LogP contribution < -0.4 is 36.6 Å². The summed E-state index contributed by atoms with van der Waals surface area (Å²) in [6.45, 7) is 12.7. The number of hydrogen-bond acceptors (Lipinski definition) is 7. The molecule has 0 aliphatic rings. The summed E-state index contributed by atoms with van der Waals surface area (Å²) in [4.78, 5) is 65.8. The highest BCUT2D eigenvalue weighted by Crippen LogP contribution is 2.15. The molecule has 0 bridgehead atoms. The van der Waals surface area contributed by atoms with Crippen molar-refractivity contribution in [1.29, 1.82) is 0 Å². The first-order valence-corrected chi connectivity index (χ1v) is 17.5. The second-order valence-corrected chi connectivity index (χ2v) is 13.0. The maximum atomic E-state index is 14.7. The number of benzene rings is 1. The highest BCUT2D eigenvalue weighted by molar-refractivity contribution is 5.98. The first-order valence-electron chi connectivity index (χ1n) is 17.5. The monoisotopic (exact) mass is 718 g/mol. The Kier molecular flexibility index (Phi) is 17.4. The van der Waals surface area contributed by atoms with Crippen molar-refractivity contribution in [2.75, 3.05) is 13.1 Å². The Balaban J connectivity index is 2.26. The fourth-order valence-corrected chi connectivity index (χ4v) is 5.27. The molecule has 0 saturated heterocycles. The van der Waals surface area contributed by atoms with Gasteiger partial charge in [0.15, 0.2) is 0 Å². The van der Waals surface area contributed by atoms with E-state index in [1.807, 2.05) is 13.8 Å². The summed E-state index contributed by atoms with van der Waals surface area (Å²) < 4.78 is 30.3. The summed E-state index contributed by atoms with van der Waals surface area (Å²) in [6.07, 6.45) is 3.52. The van der Waals surface area contributed by atoms with E-state index in [4.69, 9.17) is 0 Å². The van der Waals surface area contributed by atoms with Crippen molar-refractivity contribution in [3.63, 3.8) is 0 Å². The molecule has 5 amide bonds. The highest BCUT2D eigenvalue weighted by atomic mass is 19.1. The number of carbonyl (C=O) groups excluding carboxylic acids is 5. The van der Waals surface area contributed by atoms with Crippen LogP contribution in [0.1, 0.15) is 83.7 Å². The summed E-state index contributed by atoms with van der Waals surface area (Å²) in [7, 11) is 0. The molecule has 0 saturated carbocycles. The van der Waals surface area contributed by atoms with Crippen molar-refractivity contribution in [3.05, 3.63) is 65.5 Å². The van der Waals surface area contributed by atoms with Crippen LogP contribution in [0.5, 0.6) is 0 Å². The van der Waals surface area contributed by atoms with Crippen LogP contribution in [0.15, 0.2) is 42.7 Å². The number of likely N-dealkylation sites (N-methyl/N-ethyl adjacent to an activating group) is 1. The van der Waals surface area contributed by atoms with Crippen LogP contribution in [0, 0.1) is 23.5 Å². The van der Waals surface area contributed by atoms with Gasteiger partial charge in [-0.15, -0.1) is 0 Å². The maximum absolute atomic E-state index is 14.7. The van der Waals surface area contributed by atoms with E-state index >= 15 is 0 Å². The Hall–Kier alpha value is -4.66. The fraction of sp³-hybridized carbons (Fsp3) is 0.556. The number of rotatable bonds is 20. The van der Waals surface area contributed by atoms with Gasteiger partial charge in [-0.2, -0.15) is 0 Å². The molecule has 0 fully saturated rings. The Morgan fingerprint density at radius 2 is 1.41 bits per heavy atom. The van der Waals surface area contributed by atoms with Crippen LogP contribution in [0.3, 0.4) is 0 Å². The van der Waals surface area contributed by atoms with Gasteiger partial charge < -0.3 is 31.9 Å². The number of pyridine rings is 1. The molecule has 0 spiro atoms. The van der Waals surface area contributed by atoms with Crippen molar-refractivity contribution in [1.82, 2.24) is 31.9 Å². The van der Waals surface area contributed by atoms with Crippen LogP contribution in [0.2, 0.25) is 0 Å². The third kappa shape index (κ3) is 13.2. The van der Waals surface area contributed by atoms with Gasteiger partial charge in [-0.3, -0.25) is 29.2 Å². The van der Waals surface area contributed by atoms with Gasteiger partial charge in [0.2, 0.25) is 36.0 Å². The summed E-state index contributed by atoms with van der Waals surface area (Å²) in [5.41, 5.74) is -0.0482. The molecule has 13 nitrogen and oxygen atoms in total. The van der Waals surface area contributed by atoms with Crippen LogP contribution in [-0.2, 0) is 25.6 Å². The SMILES string of the molecule is CCC[C@H](NC(=O)[C@@H](NC(=O)c1cc[n+](O)cc1)[C@@H](C)CC)C(=O)N[C@H](CN[C@@H](C)C(=O)N[C@H](C(=O)NCC)C(C)C)Cc1c(F)cccc1F. The third-order valence-electron chi connectivity index (χ3n) is 8.59. The van der Waals surface area contributed by atoms with Crippen molar-refractivity contribution in [2.45, 2.75) is 104 Å². The molecular formula is C36H54F2N7O6+. The van der Waals surface area contributed by atoms with Gasteiger partial charge in [-0.05, 0) is 50.7 Å². The molecule has 282 valence electrons. The van der Waals surface area contributed by atoms with Crippen molar-refractivity contribution in [2.24, 2.45) is 11.8 Å². The topological polar surface area (TPSA) is 182 Å². The van der Waals surface area contributed by atoms with Crippen molar-refractivity contribution < 1.29 is 42.7 Å². The molecule has 1 aromatic carbocycles. The number of amides is 5. The van der Waals surface area contributed by atoms with Crippen LogP contribution in [0.25, 0.3) is 0 Å². The molecule has 0 aliphatic carbocycles. The third-order valence-corrected chi connectivity index (χ3v) is 8.59. The summed E-state index contributed by atoms with van der Waals surface area (Å²) >= 11 is 0. The zero-order valence-electron chi connectivity index (χ0n) is 30.5. The predicted molar refractivity (Wildman–Crippen MR) is 186 cm³/mol. The molecule has 0 unspecified atom stereocenters. The molecule has 2 rings (SSSR count). The van der Waals surface area contributed by atoms with Gasteiger partial charge in [0.25, 0.3) is 5.91 Å². The quantitative estimate of drug-likeness (QED) is 0.0807. The molecule has 15 heteroatoms. The first kappa shape index (κ1) is 42.5. The average molecular weight is 719 g/mol. The van der Waals surface area contributed by atoms with E-state index < -0.39 is 65.5 Å². The zero-order valence-corrected chi connectivity index (χ0v) is 30.5. The minimum Gasteiger partial charge on any atom is -0.355 e. The van der Waals surface area contributed by atoms with Gasteiger partial charge in [0, 0.05) is 41.6 Å². The fourth-order valence-electron chi connectivity index (χ4n) is 5.27. The van der Waals surface area contributed by atoms with Gasteiger partial charge in [0.1, 0.15) is 29.8 Å². The number of aromatic nitrogens is 1. The largest absolute Gasteiger partial charge is 0.355 e. The maximum Gasteiger partial charge on any atom is 0.252 e. The Morgan fingerprint density at radius 3 is 1.96 bits per heavy atom. The van der Waals surface area contributed by atoms with Gasteiger partial charge >= 0.3 is 0 Å². The molecular weight excluding hydrogens is 664 g/mol. The minimum absolute atomic E-state index is 0.0924. The van der Waals surface area contributed by atoms with E-state index in [2.05, 4.69) is 31.9 Å². The lowest BCUT2D eigenvalue weighted by Crippen LogP contribution is -2.58. The highest BCUT2D eigenvalue weighted by Gasteiger charge is 2.32. The molecule has 6 atom stereocenters. The second kappa shape index (κ2) is 20.9. The molecule has 7 N–H and O–H groups in total. The minimum atomic E-state index is -1.06. The molecule has 2 aromatic rings. The van der Waals surface area contributed by atoms with E-state index in [0.717, 1.165) is 16.9 Å². The van der Waals surface area contributed by atoms with Crippen molar-refractivity contribution >= 4 is 29.5 Å². The predicted octanol–water partition coefficient (Wildman–Crippen LogP) is 1.90. The number of carbonyl (C=O) groups is 5. The first-order chi connectivity index (χ1) is 24.1. The van der Waals surface area contributed by atoms with E-state index in [9.17, 15) is 38.0 Å². The molecule has 51 heavy (non-hydrogen) atoms. The van der Waals surface area contributed by atoms with E-state index in [1.54, 1.807) is 34.6 Å². The second-order valence-electron chi connectivity index (χ2n) is 13.0. The molecule has 0 aliphatic heterocycles. The summed E-state index contributed by atoms with van der Waals surface area (Å²) in [6, 6.07) is 1.57. The van der Waals surface area contributed by atoms with E-state index in [1.165, 1.54) is 30.6 Å². The van der Waals surface area contributed by atoms with Crippen LogP contribution >= 0.6 is 0 Å². The zero-order chi connectivity index (χ0) is 38.2. The van der Waals surface area contributed by atoms with E-state index in [-0.39, 0.29) is 48.3 Å². The number of hydrogen-bond donors (Lipinski definition) is 7. The van der Waals surface area contributed by atoms with Gasteiger partial charge in [-0.1, -0.05) is 53.5 Å². The lowest BCUT2D eigenvalue weighted by Gasteiger charge is -2.28. The van der Waals surface area contributed by atoms with Crippen molar-refractivity contribution in [3.8, 4) is 0 Å². The molecule has 1 aromatic heterocycles. The van der Waals surface area contributed by atoms with E-state index in [0.29, 0.717) is 19.4 Å². The van der Waals surface area contributed by atoms with Gasteiger partial charge in [-0.25, -0.2) is 8.78 Å². The average Bonchev–Trinajstić information content (AvgIpc) is 3.09. The lowest BCUT2D eigenvalue weighted by atomic mass is 9.97. The number of nitrogens with one attached hydrogen (secondary N) is 6. The lowest BCUT2D eigenvalue weighted by molar-refractivity contribution is -0.904. The van der Waals surface area contributed by atoms with Gasteiger partial charge in [0.05, 0.1) is 11.6 Å².